The minimum absolute atomic E-state index is 0.586. The van der Waals surface area contributed by atoms with Gasteiger partial charge in [0, 0.05) is 0 Å². The summed E-state index contributed by atoms with van der Waals surface area (Å²) >= 11 is -0.856. The minimum atomic E-state index is -0.856. The second-order valence-corrected chi connectivity index (χ2v) is 12.8. The summed E-state index contributed by atoms with van der Waals surface area (Å²) in [5.41, 5.74) is 6.39. The third-order valence-electron chi connectivity index (χ3n) is 7.65. The molecule has 0 atom stereocenters. The van der Waals surface area contributed by atoms with Crippen LogP contribution in [0.2, 0.25) is 0 Å². The van der Waals surface area contributed by atoms with E-state index in [1.165, 1.54) is 0 Å². The Balaban J connectivity index is 1.51. The average molecular weight is 737 g/mol. The molecule has 43 heavy (non-hydrogen) atoms. The Hall–Kier alpha value is -5.15. The van der Waals surface area contributed by atoms with Crippen molar-refractivity contribution < 1.29 is 21.6 Å². The molecule has 4 aromatic carbocycles. The molecule has 0 fully saturated rings. The second-order valence-electron chi connectivity index (χ2n) is 10.1. The first-order valence-corrected chi connectivity index (χ1v) is 15.8. The van der Waals surface area contributed by atoms with Crippen molar-refractivity contribution in [2.24, 2.45) is 0 Å². The van der Waals surface area contributed by atoms with E-state index in [1.54, 1.807) is 7.11 Å². The Bertz CT molecular complexity index is 2440. The average Bonchev–Trinajstić information content (AvgIpc) is 3.77. The molecule has 0 amide bonds. The van der Waals surface area contributed by atoms with E-state index in [-0.39, 0.29) is 0 Å². The van der Waals surface area contributed by atoms with Gasteiger partial charge in [-0.25, -0.2) is 0 Å². The van der Waals surface area contributed by atoms with E-state index in [9.17, 15) is 0 Å². The van der Waals surface area contributed by atoms with Gasteiger partial charge in [0.15, 0.2) is 0 Å². The molecule has 7 aromatic rings. The van der Waals surface area contributed by atoms with Crippen LogP contribution in [0.5, 0.6) is 0 Å². The SMILES string of the molecule is C[O][Ir][c]1cccc2c3nc4nc(nc5[nH]c(nc6nc(nc([nH]3)c12)-c1ccccc1-6)c1ccccc51)-c1ccccc1-4. The van der Waals surface area contributed by atoms with Crippen molar-refractivity contribution in [3.63, 3.8) is 0 Å². The van der Waals surface area contributed by atoms with Crippen LogP contribution in [0.3, 0.4) is 0 Å². The molecular formula is C33H20IrN8O. The van der Waals surface area contributed by atoms with Gasteiger partial charge in [0.25, 0.3) is 0 Å². The Labute approximate surface area is 252 Å². The zero-order valence-corrected chi connectivity index (χ0v) is 25.0. The standard InChI is InChI=1S/C32H17N8.CH3O.Ir/c1-2-10-18-17(9-1)25-33-26(18)38-28-21-13-5-6-14-22(21)30(35-28)40-32-24-16-8-7-15-23(24)31(36-32)39-29-20-12-4-3-11-19(20)27(34-29)37-25;1-2;/h1-15H,(H2,33,34,35,36,37,38,39,40);1H3;/q;-1;+1. The summed E-state index contributed by atoms with van der Waals surface area (Å²) < 4.78 is 6.81. The zero-order chi connectivity index (χ0) is 28.5. The Morgan fingerprint density at radius 3 is 1.40 bits per heavy atom. The molecule has 0 spiro atoms. The molecule has 9 nitrogen and oxygen atoms in total. The van der Waals surface area contributed by atoms with Crippen LogP contribution in [-0.4, -0.2) is 47.0 Å². The quantitative estimate of drug-likeness (QED) is 0.219. The maximum absolute atomic E-state index is 5.69. The van der Waals surface area contributed by atoms with Crippen molar-refractivity contribution in [3.8, 4) is 45.6 Å². The summed E-state index contributed by atoms with van der Waals surface area (Å²) in [5.74, 6) is 2.35. The maximum atomic E-state index is 5.69. The number of hydrogen-bond donors (Lipinski definition) is 2. The van der Waals surface area contributed by atoms with Gasteiger partial charge in [0.1, 0.15) is 0 Å². The van der Waals surface area contributed by atoms with Gasteiger partial charge in [-0.15, -0.1) is 0 Å². The summed E-state index contributed by atoms with van der Waals surface area (Å²) in [4.78, 5) is 37.2. The molecule has 3 aromatic heterocycles. The van der Waals surface area contributed by atoms with Gasteiger partial charge in [0.2, 0.25) is 0 Å². The number of benzene rings is 4. The number of nitrogens with zero attached hydrogens (tertiary/aromatic N) is 6. The Kier molecular flexibility index (Phi) is 5.36. The topological polar surface area (TPSA) is 118 Å². The fraction of sp³-hybridized carbons (Fsp3) is 0.0303. The monoisotopic (exact) mass is 737 g/mol. The van der Waals surface area contributed by atoms with Crippen LogP contribution < -0.4 is 4.08 Å². The van der Waals surface area contributed by atoms with Crippen LogP contribution >= 0.6 is 0 Å². The van der Waals surface area contributed by atoms with E-state index in [4.69, 9.17) is 33.4 Å². The van der Waals surface area contributed by atoms with Crippen LogP contribution in [0.4, 0.5) is 0 Å². The van der Waals surface area contributed by atoms with Crippen molar-refractivity contribution in [2.75, 3.05) is 7.11 Å². The van der Waals surface area contributed by atoms with Crippen molar-refractivity contribution in [1.29, 1.82) is 0 Å². The molecule has 0 saturated heterocycles. The molecule has 2 aliphatic heterocycles. The van der Waals surface area contributed by atoms with E-state index in [0.29, 0.717) is 45.9 Å². The predicted octanol–water partition coefficient (Wildman–Crippen LogP) is 6.14. The van der Waals surface area contributed by atoms with Crippen LogP contribution in [0.15, 0.2) is 91.0 Å². The van der Waals surface area contributed by atoms with Crippen molar-refractivity contribution in [1.82, 2.24) is 39.9 Å². The normalized spacial score (nSPS) is 12.1. The molecule has 10 heteroatoms. The number of nitrogens with one attached hydrogen (secondary N) is 2. The summed E-state index contributed by atoms with van der Waals surface area (Å²) in [6.07, 6.45) is 0. The van der Waals surface area contributed by atoms with Gasteiger partial charge in [-0.05, 0) is 0 Å². The van der Waals surface area contributed by atoms with Crippen molar-refractivity contribution in [3.05, 3.63) is 91.0 Å². The third kappa shape index (κ3) is 3.78. The molecule has 0 unspecified atom stereocenters. The molecule has 2 N–H and O–H groups in total. The van der Waals surface area contributed by atoms with Crippen LogP contribution in [0, 0.1) is 0 Å². The van der Waals surface area contributed by atoms with Crippen LogP contribution in [0.1, 0.15) is 0 Å². The van der Waals surface area contributed by atoms with Gasteiger partial charge in [-0.3, -0.25) is 0 Å². The van der Waals surface area contributed by atoms with Gasteiger partial charge in [-0.1, -0.05) is 6.07 Å². The summed E-state index contributed by atoms with van der Waals surface area (Å²) in [6.45, 7) is 0. The molecule has 0 saturated carbocycles. The zero-order valence-electron chi connectivity index (χ0n) is 22.6. The van der Waals surface area contributed by atoms with Gasteiger partial charge >= 0.3 is 247 Å². The molecular weight excluding hydrogens is 717 g/mol. The fourth-order valence-electron chi connectivity index (χ4n) is 5.76. The molecule has 2 aliphatic rings. The van der Waals surface area contributed by atoms with E-state index in [1.807, 2.05) is 78.9 Å². The molecule has 0 radical (unpaired) electrons. The van der Waals surface area contributed by atoms with Crippen molar-refractivity contribution in [2.45, 2.75) is 0 Å². The van der Waals surface area contributed by atoms with E-state index in [2.05, 4.69) is 22.1 Å². The molecule has 0 aliphatic carbocycles. The van der Waals surface area contributed by atoms with Gasteiger partial charge < -0.3 is 0 Å². The van der Waals surface area contributed by atoms with E-state index < -0.39 is 18.1 Å². The summed E-state index contributed by atoms with van der Waals surface area (Å²) in [5, 5.41) is 3.83. The van der Waals surface area contributed by atoms with Crippen LogP contribution in [-0.2, 0) is 21.6 Å². The predicted molar refractivity (Wildman–Crippen MR) is 163 cm³/mol. The molecule has 9 rings (SSSR count). The second kappa shape index (κ2) is 9.43. The summed E-state index contributed by atoms with van der Waals surface area (Å²) in [6, 6.07) is 30.4. The number of aromatic nitrogens is 8. The molecule has 8 bridgehead atoms. The van der Waals surface area contributed by atoms with E-state index >= 15 is 0 Å². The first-order valence-electron chi connectivity index (χ1n) is 13.6. The Morgan fingerprint density at radius 2 is 0.884 bits per heavy atom. The third-order valence-corrected chi connectivity index (χ3v) is 9.66. The molecule has 5 heterocycles. The fourth-order valence-corrected chi connectivity index (χ4v) is 7.53. The number of hydrogen-bond acceptors (Lipinski definition) is 7. The number of fused-ring (bicyclic) bond motifs is 20. The van der Waals surface area contributed by atoms with Crippen LogP contribution in [0.25, 0.3) is 89.7 Å². The first kappa shape index (κ1) is 24.4. The Morgan fingerprint density at radius 1 is 0.465 bits per heavy atom. The van der Waals surface area contributed by atoms with Gasteiger partial charge in [0.05, 0.1) is 0 Å². The van der Waals surface area contributed by atoms with Crippen molar-refractivity contribution >= 4 is 48.2 Å². The molecule has 207 valence electrons. The van der Waals surface area contributed by atoms with E-state index in [0.717, 1.165) is 47.9 Å². The number of H-pyrrole nitrogens is 2. The summed E-state index contributed by atoms with van der Waals surface area (Å²) in [7, 11) is 1.75. The van der Waals surface area contributed by atoms with Gasteiger partial charge in [-0.2, -0.15) is 0 Å². The number of rotatable bonds is 2. The first-order chi connectivity index (χ1) is 21.2. The number of aromatic amines is 2.